The van der Waals surface area contributed by atoms with Crippen LogP contribution in [0.15, 0.2) is 24.3 Å². The molecule has 1 aliphatic rings. The predicted molar refractivity (Wildman–Crippen MR) is 79.5 cm³/mol. The quantitative estimate of drug-likeness (QED) is 0.766. The van der Waals surface area contributed by atoms with Crippen molar-refractivity contribution in [3.63, 3.8) is 0 Å². The van der Waals surface area contributed by atoms with Crippen LogP contribution < -0.4 is 4.74 Å². The molecule has 0 saturated carbocycles. The van der Waals surface area contributed by atoms with E-state index in [1.54, 1.807) is 7.11 Å². The van der Waals surface area contributed by atoms with Gasteiger partial charge in [-0.3, -0.25) is 4.90 Å². The summed E-state index contributed by atoms with van der Waals surface area (Å²) in [7, 11) is 1.71. The van der Waals surface area contributed by atoms with Crippen LogP contribution in [0.25, 0.3) is 0 Å². The highest BCUT2D eigenvalue weighted by Crippen LogP contribution is 2.23. The van der Waals surface area contributed by atoms with Crippen molar-refractivity contribution in [2.45, 2.75) is 38.3 Å². The largest absolute Gasteiger partial charge is 0.497 e. The average Bonchev–Trinajstić information content (AvgIpc) is 2.42. The fraction of sp³-hybridized carbons (Fsp3) is 0.600. The Kier molecular flexibility index (Phi) is 5.51. The minimum atomic E-state index is 0.750. The molecule has 0 aliphatic carbocycles. The van der Waals surface area contributed by atoms with E-state index >= 15 is 0 Å². The van der Waals surface area contributed by atoms with Crippen LogP contribution in [0.1, 0.15) is 31.2 Å². The third-order valence-corrected chi connectivity index (χ3v) is 4.19. The van der Waals surface area contributed by atoms with E-state index in [4.69, 9.17) is 4.74 Å². The summed E-state index contributed by atoms with van der Waals surface area (Å²) in [6.45, 7) is 2.31. The van der Waals surface area contributed by atoms with Gasteiger partial charge < -0.3 is 4.74 Å². The number of halogens is 1. The first kappa shape index (κ1) is 13.9. The smallest absolute Gasteiger partial charge is 0.118 e. The number of rotatable bonds is 5. The summed E-state index contributed by atoms with van der Waals surface area (Å²) in [4.78, 5) is 2.63. The molecule has 1 aromatic rings. The van der Waals surface area contributed by atoms with Crippen LogP contribution >= 0.6 is 15.9 Å². The van der Waals surface area contributed by atoms with Crippen molar-refractivity contribution in [2.75, 3.05) is 19.0 Å². The Morgan fingerprint density at radius 3 is 2.72 bits per heavy atom. The van der Waals surface area contributed by atoms with Crippen LogP contribution in [0.4, 0.5) is 0 Å². The maximum atomic E-state index is 5.20. The van der Waals surface area contributed by atoms with Gasteiger partial charge in [-0.1, -0.05) is 34.5 Å². The number of piperidine rings is 1. The molecule has 1 fully saturated rings. The van der Waals surface area contributed by atoms with Gasteiger partial charge in [0.2, 0.25) is 0 Å². The van der Waals surface area contributed by atoms with Crippen molar-refractivity contribution in [3.8, 4) is 5.75 Å². The molecule has 1 unspecified atom stereocenters. The maximum absolute atomic E-state index is 5.20. The van der Waals surface area contributed by atoms with E-state index in [2.05, 4.69) is 45.1 Å². The van der Waals surface area contributed by atoms with Gasteiger partial charge >= 0.3 is 0 Å². The summed E-state index contributed by atoms with van der Waals surface area (Å²) in [5.74, 6) is 0.939. The van der Waals surface area contributed by atoms with E-state index in [0.29, 0.717) is 0 Å². The normalized spacial score (nSPS) is 20.9. The Hall–Kier alpha value is -0.540. The molecule has 1 atom stereocenters. The Morgan fingerprint density at radius 2 is 2.06 bits per heavy atom. The average molecular weight is 312 g/mol. The molecule has 0 bridgehead atoms. The molecule has 0 aromatic heterocycles. The zero-order valence-corrected chi connectivity index (χ0v) is 12.7. The van der Waals surface area contributed by atoms with Crippen molar-refractivity contribution >= 4 is 15.9 Å². The number of methoxy groups -OCH3 is 1. The Labute approximate surface area is 118 Å². The minimum Gasteiger partial charge on any atom is -0.497 e. The fourth-order valence-corrected chi connectivity index (χ4v) is 3.21. The summed E-state index contributed by atoms with van der Waals surface area (Å²) >= 11 is 3.57. The number of ether oxygens (including phenoxy) is 1. The van der Waals surface area contributed by atoms with Crippen molar-refractivity contribution in [1.29, 1.82) is 0 Å². The van der Waals surface area contributed by atoms with Crippen LogP contribution in [-0.2, 0) is 6.54 Å². The molecular weight excluding hydrogens is 290 g/mol. The Balaban J connectivity index is 1.96. The first-order valence-corrected chi connectivity index (χ1v) is 7.88. The molecule has 2 nitrogen and oxygen atoms in total. The van der Waals surface area contributed by atoms with E-state index in [9.17, 15) is 0 Å². The second-order valence-electron chi connectivity index (χ2n) is 4.95. The van der Waals surface area contributed by atoms with Gasteiger partial charge in [-0.05, 0) is 43.5 Å². The topological polar surface area (TPSA) is 12.5 Å². The van der Waals surface area contributed by atoms with Gasteiger partial charge in [0.25, 0.3) is 0 Å². The molecule has 1 heterocycles. The van der Waals surface area contributed by atoms with Gasteiger partial charge in [0.1, 0.15) is 5.75 Å². The first-order valence-electron chi connectivity index (χ1n) is 6.76. The molecule has 0 amide bonds. The molecule has 2 rings (SSSR count). The zero-order valence-electron chi connectivity index (χ0n) is 11.1. The van der Waals surface area contributed by atoms with E-state index < -0.39 is 0 Å². The third-order valence-electron chi connectivity index (χ3n) is 3.74. The van der Waals surface area contributed by atoms with Crippen molar-refractivity contribution in [1.82, 2.24) is 4.90 Å². The minimum absolute atomic E-state index is 0.750. The molecule has 1 aliphatic heterocycles. The molecule has 18 heavy (non-hydrogen) atoms. The fourth-order valence-electron chi connectivity index (χ4n) is 2.69. The lowest BCUT2D eigenvalue weighted by Crippen LogP contribution is -2.39. The van der Waals surface area contributed by atoms with Gasteiger partial charge in [0.15, 0.2) is 0 Å². The molecule has 1 saturated heterocycles. The highest BCUT2D eigenvalue weighted by atomic mass is 79.9. The van der Waals surface area contributed by atoms with E-state index in [0.717, 1.165) is 23.7 Å². The molecule has 0 spiro atoms. The van der Waals surface area contributed by atoms with Crippen molar-refractivity contribution in [2.24, 2.45) is 0 Å². The van der Waals surface area contributed by atoms with E-state index in [1.807, 2.05) is 0 Å². The zero-order chi connectivity index (χ0) is 12.8. The summed E-state index contributed by atoms with van der Waals surface area (Å²) in [6, 6.07) is 9.22. The van der Waals surface area contributed by atoms with Crippen molar-refractivity contribution < 1.29 is 4.74 Å². The second-order valence-corrected chi connectivity index (χ2v) is 5.74. The van der Waals surface area contributed by atoms with Crippen LogP contribution in [0.5, 0.6) is 5.75 Å². The number of likely N-dealkylation sites (tertiary alicyclic amines) is 1. The lowest BCUT2D eigenvalue weighted by Gasteiger charge is -2.35. The first-order chi connectivity index (χ1) is 8.83. The number of alkyl halides is 1. The van der Waals surface area contributed by atoms with Crippen molar-refractivity contribution in [3.05, 3.63) is 29.8 Å². The molecule has 1 aromatic carbocycles. The van der Waals surface area contributed by atoms with Crippen LogP contribution in [0, 0.1) is 0 Å². The number of benzene rings is 1. The van der Waals surface area contributed by atoms with Gasteiger partial charge in [-0.15, -0.1) is 0 Å². The maximum Gasteiger partial charge on any atom is 0.118 e. The summed E-state index contributed by atoms with van der Waals surface area (Å²) in [5.41, 5.74) is 1.39. The second kappa shape index (κ2) is 7.15. The molecule has 0 N–H and O–H groups in total. The van der Waals surface area contributed by atoms with E-state index in [1.165, 1.54) is 37.8 Å². The summed E-state index contributed by atoms with van der Waals surface area (Å²) in [5, 5.41) is 1.11. The van der Waals surface area contributed by atoms with Crippen LogP contribution in [0.3, 0.4) is 0 Å². The number of hydrogen-bond donors (Lipinski definition) is 0. The summed E-state index contributed by atoms with van der Waals surface area (Å²) in [6.07, 6.45) is 5.34. The lowest BCUT2D eigenvalue weighted by molar-refractivity contribution is 0.137. The molecular formula is C15H22BrNO. The van der Waals surface area contributed by atoms with Crippen LogP contribution in [0.2, 0.25) is 0 Å². The van der Waals surface area contributed by atoms with Gasteiger partial charge in [0, 0.05) is 17.9 Å². The highest BCUT2D eigenvalue weighted by molar-refractivity contribution is 9.09. The highest BCUT2D eigenvalue weighted by Gasteiger charge is 2.21. The third kappa shape index (κ3) is 3.72. The number of nitrogens with zero attached hydrogens (tertiary/aromatic N) is 1. The number of hydrogen-bond acceptors (Lipinski definition) is 2. The molecule has 100 valence electrons. The predicted octanol–water partition coefficient (Wildman–Crippen LogP) is 3.83. The monoisotopic (exact) mass is 311 g/mol. The van der Waals surface area contributed by atoms with Gasteiger partial charge in [0.05, 0.1) is 7.11 Å². The molecule has 0 radical (unpaired) electrons. The molecule has 3 heteroatoms. The summed E-state index contributed by atoms with van der Waals surface area (Å²) < 4.78 is 5.20. The standard InChI is InChI=1S/C15H22BrNO/c1-18-15-7-5-13(6-8-15)12-17-11-3-2-4-14(17)9-10-16/h5-8,14H,2-4,9-12H2,1H3. The Bertz CT molecular complexity index is 350. The van der Waals surface area contributed by atoms with Gasteiger partial charge in [-0.2, -0.15) is 0 Å². The SMILES string of the molecule is COc1ccc(CN2CCCCC2CCBr)cc1. The lowest BCUT2D eigenvalue weighted by atomic mass is 9.99. The Morgan fingerprint density at radius 1 is 1.28 bits per heavy atom. The van der Waals surface area contributed by atoms with Crippen LogP contribution in [-0.4, -0.2) is 29.9 Å². The van der Waals surface area contributed by atoms with E-state index in [-0.39, 0.29) is 0 Å². The van der Waals surface area contributed by atoms with Gasteiger partial charge in [-0.25, -0.2) is 0 Å².